The molecule has 0 atom stereocenters. The van der Waals surface area contributed by atoms with E-state index >= 15 is 0 Å². The molecule has 0 saturated heterocycles. The van der Waals surface area contributed by atoms with Gasteiger partial charge in [-0.2, -0.15) is 0 Å². The van der Waals surface area contributed by atoms with E-state index in [9.17, 15) is 13.2 Å². The van der Waals surface area contributed by atoms with Crippen molar-refractivity contribution in [3.8, 4) is 0 Å². The Kier molecular flexibility index (Phi) is 219. The fraction of sp³-hybridized carbons (Fsp3) is 0.750. The van der Waals surface area contributed by atoms with Crippen LogP contribution in [0.4, 0.5) is 13.2 Å². The molecule has 0 amide bonds. The summed E-state index contributed by atoms with van der Waals surface area (Å²) in [6.07, 6.45) is 0. The van der Waals surface area contributed by atoms with E-state index < -0.39 is 6.68 Å². The standard InChI is InChI=1S/CF3.3CH4O.Ti/c2-1(3)4;3*1-2;/h;3*2H,1H3;/q-1;;;;. The summed E-state index contributed by atoms with van der Waals surface area (Å²) in [5.74, 6) is 0. The Morgan fingerprint density at radius 1 is 0.727 bits per heavy atom. The average Bonchev–Trinajstić information content (AvgIpc) is 1.98. The summed E-state index contributed by atoms with van der Waals surface area (Å²) in [4.78, 5) is 0. The number of hydrogen-bond acceptors (Lipinski definition) is 3. The van der Waals surface area contributed by atoms with Gasteiger partial charge in [0, 0.05) is 43.0 Å². The molecule has 0 aliphatic rings. The van der Waals surface area contributed by atoms with Gasteiger partial charge in [-0.3, -0.25) is 0 Å². The van der Waals surface area contributed by atoms with E-state index in [1.165, 1.54) is 0 Å². The van der Waals surface area contributed by atoms with Crippen molar-refractivity contribution in [2.24, 2.45) is 0 Å². The maximum atomic E-state index is 9.58. The molecule has 0 aromatic heterocycles. The molecule has 0 radical (unpaired) electrons. The van der Waals surface area contributed by atoms with Gasteiger partial charge in [-0.05, 0) is 0 Å². The summed E-state index contributed by atoms with van der Waals surface area (Å²) < 4.78 is 28.8. The summed E-state index contributed by atoms with van der Waals surface area (Å²) in [6, 6.07) is 0. The summed E-state index contributed by atoms with van der Waals surface area (Å²) in [6.45, 7) is -3.08. The first-order chi connectivity index (χ1) is 4.73. The molecule has 0 bridgehead atoms. The van der Waals surface area contributed by atoms with Gasteiger partial charge in [0.05, 0.1) is 0 Å². The predicted molar refractivity (Wildman–Crippen MR) is 31.0 cm³/mol. The molecule has 0 aromatic carbocycles. The van der Waals surface area contributed by atoms with Crippen molar-refractivity contribution in [1.29, 1.82) is 0 Å². The fourth-order valence-electron chi connectivity index (χ4n) is 0. The minimum atomic E-state index is -3.08. The Morgan fingerprint density at radius 2 is 0.727 bits per heavy atom. The smallest absolute Gasteiger partial charge is 0.154 e. The Labute approximate surface area is 78.7 Å². The van der Waals surface area contributed by atoms with E-state index in [1.54, 1.807) is 0 Å². The minimum absolute atomic E-state index is 0. The predicted octanol–water partition coefficient (Wildman–Crippen LogP) is 0.165. The Hall–Kier alpha value is 0.384. The second-order valence-corrected chi connectivity index (χ2v) is 0.214. The SMILES string of the molecule is CO.CO.CO.F[C-](F)F.[Ti]. The van der Waals surface area contributed by atoms with E-state index in [0.29, 0.717) is 0 Å². The van der Waals surface area contributed by atoms with Crippen molar-refractivity contribution >= 4 is 0 Å². The molecule has 0 spiro atoms. The van der Waals surface area contributed by atoms with E-state index in [-0.39, 0.29) is 21.7 Å². The maximum Gasteiger partial charge on any atom is 0.154 e. The molecule has 0 heterocycles. The topological polar surface area (TPSA) is 60.7 Å². The van der Waals surface area contributed by atoms with Crippen LogP contribution in [-0.2, 0) is 21.7 Å². The van der Waals surface area contributed by atoms with Gasteiger partial charge in [-0.15, -0.1) is 0 Å². The molecule has 72 valence electrons. The van der Waals surface area contributed by atoms with Crippen molar-refractivity contribution < 1.29 is 50.2 Å². The van der Waals surface area contributed by atoms with Crippen LogP contribution in [0, 0.1) is 6.68 Å². The van der Waals surface area contributed by atoms with Crippen molar-refractivity contribution in [1.82, 2.24) is 0 Å². The van der Waals surface area contributed by atoms with Gasteiger partial charge >= 0.3 is 0 Å². The van der Waals surface area contributed by atoms with Gasteiger partial charge in [0.15, 0.2) is 6.68 Å². The third-order valence-corrected chi connectivity index (χ3v) is 0. The van der Waals surface area contributed by atoms with Gasteiger partial charge in [0.1, 0.15) is 0 Å². The van der Waals surface area contributed by atoms with E-state index in [4.69, 9.17) is 15.3 Å². The van der Waals surface area contributed by atoms with Gasteiger partial charge in [-0.1, -0.05) is 0 Å². The summed E-state index contributed by atoms with van der Waals surface area (Å²) in [7, 11) is 3.00. The molecule has 3 N–H and O–H groups in total. The number of aliphatic hydroxyl groups is 3. The fourth-order valence-corrected chi connectivity index (χ4v) is 0. The van der Waals surface area contributed by atoms with Gasteiger partial charge in [0.25, 0.3) is 0 Å². The van der Waals surface area contributed by atoms with Crippen LogP contribution in [-0.4, -0.2) is 36.6 Å². The van der Waals surface area contributed by atoms with E-state index in [2.05, 4.69) is 0 Å². The molecule has 0 unspecified atom stereocenters. The molecule has 0 rings (SSSR count). The molecule has 11 heavy (non-hydrogen) atoms. The molecule has 7 heteroatoms. The Balaban J connectivity index is -0.0000000152. The second-order valence-electron chi connectivity index (χ2n) is 0.214. The molecule has 0 fully saturated rings. The van der Waals surface area contributed by atoms with Gasteiger partial charge in [0.2, 0.25) is 0 Å². The zero-order chi connectivity index (χ0) is 9.58. The number of halogens is 3. The maximum absolute atomic E-state index is 9.58. The van der Waals surface area contributed by atoms with Crippen LogP contribution in [0.5, 0.6) is 0 Å². The van der Waals surface area contributed by atoms with E-state index in [0.717, 1.165) is 21.3 Å². The summed E-state index contributed by atoms with van der Waals surface area (Å²) in [5, 5.41) is 21.0. The summed E-state index contributed by atoms with van der Waals surface area (Å²) >= 11 is 0. The average molecular weight is 213 g/mol. The quantitative estimate of drug-likeness (QED) is 0.397. The summed E-state index contributed by atoms with van der Waals surface area (Å²) in [5.41, 5.74) is 0. The zero-order valence-electron chi connectivity index (χ0n) is 6.48. The third-order valence-electron chi connectivity index (χ3n) is 0. The first-order valence-corrected chi connectivity index (χ1v) is 1.91. The van der Waals surface area contributed by atoms with Crippen LogP contribution < -0.4 is 0 Å². The minimum Gasteiger partial charge on any atom is -0.400 e. The first-order valence-electron chi connectivity index (χ1n) is 1.91. The Morgan fingerprint density at radius 3 is 0.727 bits per heavy atom. The van der Waals surface area contributed by atoms with Crippen LogP contribution in [0.2, 0.25) is 0 Å². The second kappa shape index (κ2) is 79.8. The molecular formula is C4H12F3O3Ti-. The van der Waals surface area contributed by atoms with E-state index in [1.807, 2.05) is 0 Å². The largest absolute Gasteiger partial charge is 0.400 e. The van der Waals surface area contributed by atoms with Crippen LogP contribution in [0.15, 0.2) is 0 Å². The molecule has 3 nitrogen and oxygen atoms in total. The van der Waals surface area contributed by atoms with Crippen LogP contribution in [0.25, 0.3) is 0 Å². The third kappa shape index (κ3) is 4940. The molecule has 0 saturated carbocycles. The molecule has 0 aliphatic heterocycles. The number of aliphatic hydroxyl groups excluding tert-OH is 3. The van der Waals surface area contributed by atoms with Crippen molar-refractivity contribution in [2.45, 2.75) is 0 Å². The first kappa shape index (κ1) is 30.1. The molecular weight excluding hydrogens is 201 g/mol. The van der Waals surface area contributed by atoms with Gasteiger partial charge in [-0.25, -0.2) is 0 Å². The molecule has 0 aromatic rings. The van der Waals surface area contributed by atoms with Crippen molar-refractivity contribution in [2.75, 3.05) is 21.3 Å². The van der Waals surface area contributed by atoms with Crippen molar-refractivity contribution in [3.05, 3.63) is 6.68 Å². The number of hydrogen-bond donors (Lipinski definition) is 3. The number of rotatable bonds is 0. The van der Waals surface area contributed by atoms with Crippen molar-refractivity contribution in [3.63, 3.8) is 0 Å². The van der Waals surface area contributed by atoms with Crippen LogP contribution in [0.1, 0.15) is 0 Å². The monoisotopic (exact) mass is 213 g/mol. The van der Waals surface area contributed by atoms with Crippen LogP contribution in [0.3, 0.4) is 0 Å². The zero-order valence-corrected chi connectivity index (χ0v) is 8.04. The van der Waals surface area contributed by atoms with Crippen LogP contribution >= 0.6 is 0 Å². The Bertz CT molecular complexity index is 25.3. The van der Waals surface area contributed by atoms with Gasteiger partial charge < -0.3 is 28.5 Å². The normalized spacial score (nSPS) is 4.91. The molecule has 0 aliphatic carbocycles.